The predicted molar refractivity (Wildman–Crippen MR) is 103 cm³/mol. The van der Waals surface area contributed by atoms with Crippen molar-refractivity contribution in [3.63, 3.8) is 0 Å². The van der Waals surface area contributed by atoms with E-state index >= 15 is 0 Å². The summed E-state index contributed by atoms with van der Waals surface area (Å²) in [7, 11) is 3.18. The third-order valence-electron chi connectivity index (χ3n) is 4.15. The highest BCUT2D eigenvalue weighted by Crippen LogP contribution is 2.31. The quantitative estimate of drug-likeness (QED) is 0.547. The first kappa shape index (κ1) is 18.4. The van der Waals surface area contributed by atoms with Gasteiger partial charge in [0, 0.05) is 18.8 Å². The molecule has 4 heteroatoms. The molecule has 0 fully saturated rings. The molecule has 0 saturated heterocycles. The lowest BCUT2D eigenvalue weighted by Crippen LogP contribution is -2.21. The Labute approximate surface area is 149 Å². The Balaban J connectivity index is 2.33. The summed E-state index contributed by atoms with van der Waals surface area (Å²) in [6, 6.07) is 16.0. The van der Waals surface area contributed by atoms with Crippen molar-refractivity contribution in [3.05, 3.63) is 53.6 Å². The van der Waals surface area contributed by atoms with Crippen LogP contribution >= 0.6 is 0 Å². The summed E-state index contributed by atoms with van der Waals surface area (Å²) >= 11 is 0. The van der Waals surface area contributed by atoms with E-state index in [1.165, 1.54) is 5.69 Å². The molecule has 2 rings (SSSR count). The fraction of sp³-hybridized carbons (Fsp3) is 0.286. The van der Waals surface area contributed by atoms with Crippen molar-refractivity contribution < 1.29 is 9.47 Å². The average Bonchev–Trinajstić information content (AvgIpc) is 2.67. The molecule has 0 aliphatic heterocycles. The number of nitriles is 1. The number of benzene rings is 2. The zero-order valence-electron chi connectivity index (χ0n) is 15.2. The van der Waals surface area contributed by atoms with Crippen molar-refractivity contribution in [1.82, 2.24) is 0 Å². The second kappa shape index (κ2) is 8.79. The van der Waals surface area contributed by atoms with Gasteiger partial charge in [0.1, 0.15) is 0 Å². The molecule has 0 radical (unpaired) electrons. The first-order valence-corrected chi connectivity index (χ1v) is 8.36. The fourth-order valence-electron chi connectivity index (χ4n) is 2.72. The van der Waals surface area contributed by atoms with Gasteiger partial charge in [-0.3, -0.25) is 0 Å². The molecule has 0 unspecified atom stereocenters. The first-order valence-electron chi connectivity index (χ1n) is 8.36. The second-order valence-electron chi connectivity index (χ2n) is 5.50. The van der Waals surface area contributed by atoms with Gasteiger partial charge in [0.05, 0.1) is 25.9 Å². The van der Waals surface area contributed by atoms with Crippen molar-refractivity contribution in [2.45, 2.75) is 13.8 Å². The summed E-state index contributed by atoms with van der Waals surface area (Å²) in [4.78, 5) is 2.28. The highest BCUT2D eigenvalue weighted by atomic mass is 16.5. The molecule has 0 N–H and O–H groups in total. The fourth-order valence-corrected chi connectivity index (χ4v) is 2.72. The van der Waals surface area contributed by atoms with Crippen LogP contribution in [-0.2, 0) is 0 Å². The summed E-state index contributed by atoms with van der Waals surface area (Å²) in [5.41, 5.74) is 3.55. The Morgan fingerprint density at radius 1 is 1.00 bits per heavy atom. The van der Waals surface area contributed by atoms with Gasteiger partial charge in [-0.15, -0.1) is 0 Å². The molecule has 0 amide bonds. The molecule has 2 aromatic rings. The topological polar surface area (TPSA) is 45.5 Å². The average molecular weight is 336 g/mol. The van der Waals surface area contributed by atoms with E-state index in [1.54, 1.807) is 14.2 Å². The molecule has 0 saturated carbocycles. The van der Waals surface area contributed by atoms with Crippen molar-refractivity contribution in [1.29, 1.82) is 5.26 Å². The van der Waals surface area contributed by atoms with E-state index in [2.05, 4.69) is 36.9 Å². The van der Waals surface area contributed by atoms with Gasteiger partial charge in [0.25, 0.3) is 0 Å². The number of nitrogens with zero attached hydrogens (tertiary/aromatic N) is 2. The van der Waals surface area contributed by atoms with Gasteiger partial charge in [0.15, 0.2) is 11.5 Å². The molecule has 0 spiro atoms. The van der Waals surface area contributed by atoms with Crippen LogP contribution in [0.15, 0.2) is 42.5 Å². The van der Waals surface area contributed by atoms with Crippen LogP contribution in [0.1, 0.15) is 25.0 Å². The smallest absolute Gasteiger partial charge is 0.161 e. The van der Waals surface area contributed by atoms with Crippen LogP contribution in [0.5, 0.6) is 11.5 Å². The molecule has 2 aromatic carbocycles. The molecule has 0 aromatic heterocycles. The molecular weight excluding hydrogens is 312 g/mol. The SMILES string of the molecule is CCN(CC)c1ccc(C=C(C#N)c2ccc(OC)c(OC)c2)cc1. The largest absolute Gasteiger partial charge is 0.493 e. The third kappa shape index (κ3) is 4.33. The summed E-state index contributed by atoms with van der Waals surface area (Å²) < 4.78 is 10.6. The van der Waals surface area contributed by atoms with Crippen molar-refractivity contribution in [3.8, 4) is 17.6 Å². The number of anilines is 1. The molecule has 0 heterocycles. The van der Waals surface area contributed by atoms with Crippen molar-refractivity contribution in [2.75, 3.05) is 32.2 Å². The van der Waals surface area contributed by atoms with E-state index in [-0.39, 0.29) is 0 Å². The molecule has 0 aliphatic carbocycles. The predicted octanol–water partition coefficient (Wildman–Crippen LogP) is 4.61. The van der Waals surface area contributed by atoms with Gasteiger partial charge in [-0.25, -0.2) is 0 Å². The van der Waals surface area contributed by atoms with Gasteiger partial charge in [-0.1, -0.05) is 12.1 Å². The zero-order chi connectivity index (χ0) is 18.2. The number of allylic oxidation sites excluding steroid dienone is 1. The number of hydrogen-bond donors (Lipinski definition) is 0. The normalized spacial score (nSPS) is 10.9. The maximum Gasteiger partial charge on any atom is 0.161 e. The Morgan fingerprint density at radius 2 is 1.64 bits per heavy atom. The van der Waals surface area contributed by atoms with Crippen molar-refractivity contribution >= 4 is 17.3 Å². The lowest BCUT2D eigenvalue weighted by Gasteiger charge is -2.20. The maximum atomic E-state index is 9.55. The Morgan fingerprint density at radius 3 is 2.16 bits per heavy atom. The lowest BCUT2D eigenvalue weighted by atomic mass is 10.0. The van der Waals surface area contributed by atoms with Gasteiger partial charge >= 0.3 is 0 Å². The summed E-state index contributed by atoms with van der Waals surface area (Å²) in [5, 5.41) is 9.55. The van der Waals surface area contributed by atoms with E-state index in [4.69, 9.17) is 9.47 Å². The Kier molecular flexibility index (Phi) is 6.47. The number of hydrogen-bond acceptors (Lipinski definition) is 4. The van der Waals surface area contributed by atoms with Crippen LogP contribution in [0.4, 0.5) is 5.69 Å². The van der Waals surface area contributed by atoms with Crippen LogP contribution in [0.25, 0.3) is 11.6 Å². The van der Waals surface area contributed by atoms with Crippen LogP contribution < -0.4 is 14.4 Å². The molecule has 130 valence electrons. The maximum absolute atomic E-state index is 9.55. The highest BCUT2D eigenvalue weighted by molar-refractivity contribution is 5.90. The van der Waals surface area contributed by atoms with Gasteiger partial charge in [0.2, 0.25) is 0 Å². The van der Waals surface area contributed by atoms with Crippen molar-refractivity contribution in [2.24, 2.45) is 0 Å². The zero-order valence-corrected chi connectivity index (χ0v) is 15.2. The summed E-state index contributed by atoms with van der Waals surface area (Å²) in [5.74, 6) is 1.25. The monoisotopic (exact) mass is 336 g/mol. The molecular formula is C21H24N2O2. The molecule has 0 aliphatic rings. The highest BCUT2D eigenvalue weighted by Gasteiger charge is 2.08. The van der Waals surface area contributed by atoms with Gasteiger partial charge in [-0.05, 0) is 61.4 Å². The summed E-state index contributed by atoms with van der Waals surface area (Å²) in [6.45, 7) is 6.23. The molecule has 4 nitrogen and oxygen atoms in total. The minimum absolute atomic E-state index is 0.580. The Bertz CT molecular complexity index is 769. The van der Waals surface area contributed by atoms with E-state index in [0.29, 0.717) is 17.1 Å². The summed E-state index contributed by atoms with van der Waals surface area (Å²) in [6.07, 6.45) is 1.88. The van der Waals surface area contributed by atoms with E-state index in [9.17, 15) is 5.26 Å². The van der Waals surface area contributed by atoms with Crippen LogP contribution in [-0.4, -0.2) is 27.3 Å². The number of rotatable bonds is 7. The van der Waals surface area contributed by atoms with E-state index in [1.807, 2.05) is 36.4 Å². The molecule has 0 atom stereocenters. The molecule has 0 bridgehead atoms. The van der Waals surface area contributed by atoms with Crippen LogP contribution in [0.3, 0.4) is 0 Å². The first-order chi connectivity index (χ1) is 12.2. The lowest BCUT2D eigenvalue weighted by molar-refractivity contribution is 0.355. The third-order valence-corrected chi connectivity index (χ3v) is 4.15. The standard InChI is InChI=1S/C21H24N2O2/c1-5-23(6-2)19-10-7-16(8-11-19)13-18(15-22)17-9-12-20(24-3)21(14-17)25-4/h7-14H,5-6H2,1-4H3. The van der Waals surface area contributed by atoms with E-state index < -0.39 is 0 Å². The Hall–Kier alpha value is -2.93. The van der Waals surface area contributed by atoms with Gasteiger partial charge in [-0.2, -0.15) is 5.26 Å². The van der Waals surface area contributed by atoms with Crippen LogP contribution in [0, 0.1) is 11.3 Å². The van der Waals surface area contributed by atoms with Crippen LogP contribution in [0.2, 0.25) is 0 Å². The molecule has 25 heavy (non-hydrogen) atoms. The number of ether oxygens (including phenoxy) is 2. The minimum Gasteiger partial charge on any atom is -0.493 e. The van der Waals surface area contributed by atoms with E-state index in [0.717, 1.165) is 24.2 Å². The second-order valence-corrected chi connectivity index (χ2v) is 5.50. The minimum atomic E-state index is 0.580. The van der Waals surface area contributed by atoms with Gasteiger partial charge < -0.3 is 14.4 Å². The number of methoxy groups -OCH3 is 2.